The maximum Gasteiger partial charge on any atom is 0.255 e. The number of nitrogens with one attached hydrogen (secondary N) is 1. The van der Waals surface area contributed by atoms with Gasteiger partial charge in [-0.25, -0.2) is 8.42 Å². The number of carbonyl (C=O) groups excluding carboxylic acids is 1. The Labute approximate surface area is 219 Å². The highest BCUT2D eigenvalue weighted by Gasteiger charge is 2.28. The molecule has 0 aliphatic carbocycles. The van der Waals surface area contributed by atoms with Crippen LogP contribution in [0.15, 0.2) is 77.7 Å². The Hall–Kier alpha value is -3.36. The number of nitrogens with zero attached hydrogens (tertiary/aromatic N) is 2. The second-order valence-electron chi connectivity index (χ2n) is 9.59. The molecule has 2 saturated heterocycles. The van der Waals surface area contributed by atoms with Crippen LogP contribution in [0.4, 0.5) is 11.4 Å². The van der Waals surface area contributed by atoms with Crippen molar-refractivity contribution >= 4 is 27.3 Å². The van der Waals surface area contributed by atoms with Gasteiger partial charge in [-0.15, -0.1) is 0 Å². The second-order valence-corrected chi connectivity index (χ2v) is 11.5. The number of hydrogen-bond donors (Lipinski definition) is 1. The summed E-state index contributed by atoms with van der Waals surface area (Å²) in [5.74, 6) is 0.920. The summed E-state index contributed by atoms with van der Waals surface area (Å²) >= 11 is 0. The van der Waals surface area contributed by atoms with Crippen molar-refractivity contribution in [2.45, 2.75) is 43.4 Å². The lowest BCUT2D eigenvalue weighted by Crippen LogP contribution is -2.35. The Balaban J connectivity index is 1.43. The Bertz CT molecular complexity index is 1330. The van der Waals surface area contributed by atoms with E-state index >= 15 is 0 Å². The SMILES string of the molecule is O=C(Nc1cc(S(=O)(=O)N2CCCCC2)ccc1N1CCCCC1)c1cccc(Oc2ccccc2)c1. The van der Waals surface area contributed by atoms with E-state index in [0.717, 1.165) is 50.9 Å². The van der Waals surface area contributed by atoms with Crippen molar-refractivity contribution < 1.29 is 17.9 Å². The number of piperidine rings is 2. The Kier molecular flexibility index (Phi) is 7.76. The minimum atomic E-state index is -3.63. The van der Waals surface area contributed by atoms with Crippen LogP contribution in [0.5, 0.6) is 11.5 Å². The second kappa shape index (κ2) is 11.4. The van der Waals surface area contributed by atoms with E-state index in [1.54, 1.807) is 40.7 Å². The minimum absolute atomic E-state index is 0.214. The van der Waals surface area contributed by atoms with Crippen molar-refractivity contribution in [3.05, 3.63) is 78.4 Å². The van der Waals surface area contributed by atoms with Crippen LogP contribution in [0.1, 0.15) is 48.9 Å². The molecule has 0 radical (unpaired) electrons. The monoisotopic (exact) mass is 519 g/mol. The molecule has 194 valence electrons. The van der Waals surface area contributed by atoms with Crippen molar-refractivity contribution in [2.24, 2.45) is 0 Å². The highest BCUT2D eigenvalue weighted by atomic mass is 32.2. The number of amides is 1. The van der Waals surface area contributed by atoms with Gasteiger partial charge in [0.15, 0.2) is 0 Å². The van der Waals surface area contributed by atoms with Crippen LogP contribution in [0.3, 0.4) is 0 Å². The zero-order chi connectivity index (χ0) is 25.7. The lowest BCUT2D eigenvalue weighted by atomic mass is 10.1. The third kappa shape index (κ3) is 5.97. The van der Waals surface area contributed by atoms with Crippen LogP contribution in [-0.2, 0) is 10.0 Å². The molecule has 0 unspecified atom stereocenters. The zero-order valence-corrected chi connectivity index (χ0v) is 21.8. The average Bonchev–Trinajstić information content (AvgIpc) is 2.94. The van der Waals surface area contributed by atoms with Crippen molar-refractivity contribution in [3.63, 3.8) is 0 Å². The molecule has 2 aliphatic heterocycles. The Morgan fingerprint density at radius 1 is 0.730 bits per heavy atom. The molecule has 37 heavy (non-hydrogen) atoms. The smallest absolute Gasteiger partial charge is 0.255 e. The van der Waals surface area contributed by atoms with Crippen molar-refractivity contribution in [1.29, 1.82) is 0 Å². The molecule has 3 aromatic rings. The normalized spacial score (nSPS) is 16.8. The van der Waals surface area contributed by atoms with E-state index in [9.17, 15) is 13.2 Å². The number of ether oxygens (including phenoxy) is 1. The molecule has 0 bridgehead atoms. The number of benzene rings is 3. The number of carbonyl (C=O) groups is 1. The van der Waals surface area contributed by atoms with Crippen LogP contribution in [-0.4, -0.2) is 44.8 Å². The molecule has 5 rings (SSSR count). The first-order valence-corrected chi connectivity index (χ1v) is 14.5. The van der Waals surface area contributed by atoms with Crippen molar-refractivity contribution in [2.75, 3.05) is 36.4 Å². The predicted molar refractivity (Wildman–Crippen MR) is 146 cm³/mol. The molecule has 8 heteroatoms. The van der Waals surface area contributed by atoms with Crippen LogP contribution in [0.25, 0.3) is 0 Å². The number of hydrogen-bond acceptors (Lipinski definition) is 5. The first kappa shape index (κ1) is 25.3. The quantitative estimate of drug-likeness (QED) is 0.421. The van der Waals surface area contributed by atoms with Gasteiger partial charge >= 0.3 is 0 Å². The standard InChI is InChI=1S/C29H33N3O4S/c33-29(23-11-10-14-25(21-23)36-24-12-4-1-5-13-24)30-27-22-26(37(34,35)32-19-8-3-9-20-32)15-16-28(27)31-17-6-2-7-18-31/h1,4-5,10-16,21-22H,2-3,6-9,17-20H2,(H,30,33). The zero-order valence-electron chi connectivity index (χ0n) is 20.9. The van der Waals surface area contributed by atoms with Gasteiger partial charge in [-0.2, -0.15) is 4.31 Å². The maximum absolute atomic E-state index is 13.4. The van der Waals surface area contributed by atoms with Gasteiger partial charge < -0.3 is 15.0 Å². The van der Waals surface area contributed by atoms with Crippen molar-refractivity contribution in [1.82, 2.24) is 4.31 Å². The molecule has 3 aromatic carbocycles. The van der Waals surface area contributed by atoms with E-state index in [4.69, 9.17) is 4.74 Å². The largest absolute Gasteiger partial charge is 0.457 e. The van der Waals surface area contributed by atoms with Crippen LogP contribution in [0.2, 0.25) is 0 Å². The van der Waals surface area contributed by atoms with Crippen LogP contribution in [0, 0.1) is 0 Å². The first-order valence-electron chi connectivity index (χ1n) is 13.0. The predicted octanol–water partition coefficient (Wildman–Crippen LogP) is 5.90. The van der Waals surface area contributed by atoms with E-state index in [1.807, 2.05) is 36.4 Å². The molecule has 7 nitrogen and oxygen atoms in total. The molecule has 2 heterocycles. The molecule has 0 saturated carbocycles. The lowest BCUT2D eigenvalue weighted by molar-refractivity contribution is 0.102. The average molecular weight is 520 g/mol. The van der Waals surface area contributed by atoms with Gasteiger partial charge in [0.1, 0.15) is 11.5 Å². The summed E-state index contributed by atoms with van der Waals surface area (Å²) in [5, 5.41) is 3.01. The van der Waals surface area contributed by atoms with Crippen molar-refractivity contribution in [3.8, 4) is 11.5 Å². The number of sulfonamides is 1. The van der Waals surface area contributed by atoms with Gasteiger partial charge in [0.05, 0.1) is 16.3 Å². The van der Waals surface area contributed by atoms with Gasteiger partial charge in [0.25, 0.3) is 5.91 Å². The topological polar surface area (TPSA) is 79.0 Å². The summed E-state index contributed by atoms with van der Waals surface area (Å²) < 4.78 is 34.2. The molecule has 1 N–H and O–H groups in total. The molecule has 2 fully saturated rings. The van der Waals surface area contributed by atoms with Gasteiger partial charge in [-0.05, 0) is 80.6 Å². The highest BCUT2D eigenvalue weighted by Crippen LogP contribution is 2.33. The third-order valence-corrected chi connectivity index (χ3v) is 8.84. The van der Waals surface area contributed by atoms with E-state index in [2.05, 4.69) is 10.2 Å². The molecular weight excluding hydrogens is 486 g/mol. The van der Waals surface area contributed by atoms with Gasteiger partial charge in [-0.1, -0.05) is 30.7 Å². The first-order chi connectivity index (χ1) is 18.0. The minimum Gasteiger partial charge on any atom is -0.457 e. The van der Waals surface area contributed by atoms with Gasteiger partial charge in [0, 0.05) is 31.7 Å². The van der Waals surface area contributed by atoms with Gasteiger partial charge in [-0.3, -0.25) is 4.79 Å². The molecule has 0 atom stereocenters. The van der Waals surface area contributed by atoms with Crippen LogP contribution < -0.4 is 15.0 Å². The fraction of sp³-hybridized carbons (Fsp3) is 0.345. The Morgan fingerprint density at radius 3 is 2.14 bits per heavy atom. The van der Waals surface area contributed by atoms with Crippen LogP contribution >= 0.6 is 0 Å². The number of rotatable bonds is 7. The molecule has 0 spiro atoms. The fourth-order valence-corrected chi connectivity index (χ4v) is 6.50. The van der Waals surface area contributed by atoms with E-state index in [-0.39, 0.29) is 10.8 Å². The number of para-hydroxylation sites is 1. The summed E-state index contributed by atoms with van der Waals surface area (Å²) in [5.41, 5.74) is 1.80. The highest BCUT2D eigenvalue weighted by molar-refractivity contribution is 7.89. The summed E-state index contributed by atoms with van der Waals surface area (Å²) in [6, 6.07) is 21.5. The van der Waals surface area contributed by atoms with Gasteiger partial charge in [0.2, 0.25) is 10.0 Å². The molecule has 2 aliphatic rings. The molecular formula is C29H33N3O4S. The summed E-state index contributed by atoms with van der Waals surface area (Å²) in [6.45, 7) is 2.82. The Morgan fingerprint density at radius 2 is 1.41 bits per heavy atom. The van der Waals surface area contributed by atoms with E-state index in [0.29, 0.717) is 35.8 Å². The molecule has 1 amide bonds. The summed E-state index contributed by atoms with van der Waals surface area (Å²) in [7, 11) is -3.63. The van der Waals surface area contributed by atoms with E-state index < -0.39 is 10.0 Å². The maximum atomic E-state index is 13.4. The summed E-state index contributed by atoms with van der Waals surface area (Å²) in [6.07, 6.45) is 6.11. The lowest BCUT2D eigenvalue weighted by Gasteiger charge is -2.31. The summed E-state index contributed by atoms with van der Waals surface area (Å²) in [4.78, 5) is 15.8. The van der Waals surface area contributed by atoms with E-state index in [1.165, 1.54) is 6.42 Å². The fourth-order valence-electron chi connectivity index (χ4n) is 4.96. The molecule has 0 aromatic heterocycles. The third-order valence-electron chi connectivity index (χ3n) is 6.94. The number of anilines is 2.